The lowest BCUT2D eigenvalue weighted by Crippen LogP contribution is -2.33. The van der Waals surface area contributed by atoms with Crippen LogP contribution in [0.25, 0.3) is 0 Å². The molecule has 0 aromatic heterocycles. The molecule has 0 spiro atoms. The number of carbonyl (C=O) groups excluding carboxylic acids is 1. The fourth-order valence-corrected chi connectivity index (χ4v) is 3.31. The predicted molar refractivity (Wildman–Crippen MR) is 91.2 cm³/mol. The molecule has 4 heteroatoms. The molecule has 2 N–H and O–H groups in total. The van der Waals surface area contributed by atoms with Crippen molar-refractivity contribution in [2.75, 3.05) is 13.7 Å². The molecule has 0 heterocycles. The molecule has 1 unspecified atom stereocenters. The average Bonchev–Trinajstić information content (AvgIpc) is 2.60. The van der Waals surface area contributed by atoms with E-state index in [1.54, 1.807) is 7.11 Å². The monoisotopic (exact) mass is 319 g/mol. The second-order valence-corrected chi connectivity index (χ2v) is 6.48. The van der Waals surface area contributed by atoms with Crippen molar-refractivity contribution >= 4 is 5.91 Å². The second-order valence-electron chi connectivity index (χ2n) is 6.48. The van der Waals surface area contributed by atoms with Gasteiger partial charge >= 0.3 is 0 Å². The second kappa shape index (κ2) is 9.04. The minimum Gasteiger partial charge on any atom is -0.394 e. The van der Waals surface area contributed by atoms with Crippen molar-refractivity contribution in [2.24, 2.45) is 5.92 Å². The SMILES string of the molecule is CCc1ccc(C(CO)NC(=O)CC2CCC(OC)CC2)cc1. The number of hydrogen-bond acceptors (Lipinski definition) is 3. The lowest BCUT2D eigenvalue weighted by Gasteiger charge is -2.27. The normalized spacial score (nSPS) is 22.6. The zero-order chi connectivity index (χ0) is 16.7. The van der Waals surface area contributed by atoms with Crippen LogP contribution in [0.1, 0.15) is 56.2 Å². The Morgan fingerprint density at radius 2 is 1.91 bits per heavy atom. The standard InChI is InChI=1S/C19H29NO3/c1-3-14-4-8-16(9-5-14)18(13-21)20-19(22)12-15-6-10-17(23-2)11-7-15/h4-5,8-9,15,17-18,21H,3,6-7,10-13H2,1-2H3,(H,20,22). The summed E-state index contributed by atoms with van der Waals surface area (Å²) in [5.74, 6) is 0.465. The Labute approximate surface area is 139 Å². The van der Waals surface area contributed by atoms with Gasteiger partial charge in [-0.2, -0.15) is 0 Å². The van der Waals surface area contributed by atoms with Gasteiger partial charge in [-0.1, -0.05) is 31.2 Å². The van der Waals surface area contributed by atoms with Crippen LogP contribution in [0.15, 0.2) is 24.3 Å². The van der Waals surface area contributed by atoms with Gasteiger partial charge in [0.1, 0.15) is 0 Å². The first kappa shape index (κ1) is 18.0. The van der Waals surface area contributed by atoms with E-state index in [9.17, 15) is 9.90 Å². The molecule has 1 aromatic carbocycles. The molecule has 1 aromatic rings. The zero-order valence-corrected chi connectivity index (χ0v) is 14.3. The number of aryl methyl sites for hydroxylation is 1. The van der Waals surface area contributed by atoms with Crippen molar-refractivity contribution in [1.29, 1.82) is 0 Å². The molecule has 1 aliphatic rings. The van der Waals surface area contributed by atoms with Crippen LogP contribution in [-0.4, -0.2) is 30.8 Å². The number of amides is 1. The van der Waals surface area contributed by atoms with Crippen molar-refractivity contribution in [3.8, 4) is 0 Å². The van der Waals surface area contributed by atoms with Gasteiger partial charge in [-0.25, -0.2) is 0 Å². The molecule has 4 nitrogen and oxygen atoms in total. The van der Waals surface area contributed by atoms with Gasteiger partial charge in [0, 0.05) is 13.5 Å². The molecule has 1 aliphatic carbocycles. The number of benzene rings is 1. The van der Waals surface area contributed by atoms with Gasteiger partial charge in [0.05, 0.1) is 18.8 Å². The third-order valence-corrected chi connectivity index (χ3v) is 4.91. The average molecular weight is 319 g/mol. The maximum absolute atomic E-state index is 12.3. The number of aliphatic hydroxyl groups excluding tert-OH is 1. The molecule has 1 atom stereocenters. The third kappa shape index (κ3) is 5.33. The van der Waals surface area contributed by atoms with Crippen LogP contribution in [0, 0.1) is 5.92 Å². The molecule has 0 aliphatic heterocycles. The molecule has 23 heavy (non-hydrogen) atoms. The van der Waals surface area contributed by atoms with E-state index in [-0.39, 0.29) is 18.6 Å². The van der Waals surface area contributed by atoms with E-state index in [2.05, 4.69) is 24.4 Å². The van der Waals surface area contributed by atoms with Crippen LogP contribution in [0.5, 0.6) is 0 Å². The summed E-state index contributed by atoms with van der Waals surface area (Å²) in [5, 5.41) is 12.6. The van der Waals surface area contributed by atoms with E-state index < -0.39 is 0 Å². The number of carbonyl (C=O) groups is 1. The quantitative estimate of drug-likeness (QED) is 0.812. The van der Waals surface area contributed by atoms with Crippen LogP contribution in [0.2, 0.25) is 0 Å². The Hall–Kier alpha value is -1.39. The maximum atomic E-state index is 12.3. The Morgan fingerprint density at radius 1 is 1.26 bits per heavy atom. The van der Waals surface area contributed by atoms with E-state index in [1.165, 1.54) is 5.56 Å². The topological polar surface area (TPSA) is 58.6 Å². The minimum atomic E-state index is -0.316. The fraction of sp³-hybridized carbons (Fsp3) is 0.632. The van der Waals surface area contributed by atoms with Gasteiger partial charge in [-0.15, -0.1) is 0 Å². The first-order valence-electron chi connectivity index (χ1n) is 8.68. The third-order valence-electron chi connectivity index (χ3n) is 4.91. The van der Waals surface area contributed by atoms with E-state index in [0.717, 1.165) is 37.7 Å². The van der Waals surface area contributed by atoms with Gasteiger partial charge < -0.3 is 15.2 Å². The Bertz CT molecular complexity index is 478. The number of hydrogen-bond donors (Lipinski definition) is 2. The highest BCUT2D eigenvalue weighted by atomic mass is 16.5. The smallest absolute Gasteiger partial charge is 0.220 e. The molecular formula is C19H29NO3. The van der Waals surface area contributed by atoms with Crippen LogP contribution in [0.3, 0.4) is 0 Å². The van der Waals surface area contributed by atoms with Crippen LogP contribution in [-0.2, 0) is 16.0 Å². The van der Waals surface area contributed by atoms with E-state index in [4.69, 9.17) is 4.74 Å². The summed E-state index contributed by atoms with van der Waals surface area (Å²) in [6.45, 7) is 2.03. The van der Waals surface area contributed by atoms with Gasteiger partial charge in [-0.3, -0.25) is 4.79 Å². The molecule has 128 valence electrons. The van der Waals surface area contributed by atoms with Crippen molar-refractivity contribution in [1.82, 2.24) is 5.32 Å². The van der Waals surface area contributed by atoms with Crippen molar-refractivity contribution in [2.45, 2.75) is 57.6 Å². The molecule has 2 rings (SSSR count). The number of ether oxygens (including phenoxy) is 1. The number of aliphatic hydroxyl groups is 1. The summed E-state index contributed by atoms with van der Waals surface area (Å²) in [5.41, 5.74) is 2.22. The molecule has 0 radical (unpaired) electrons. The van der Waals surface area contributed by atoms with E-state index in [0.29, 0.717) is 18.4 Å². The molecule has 1 saturated carbocycles. The van der Waals surface area contributed by atoms with Gasteiger partial charge in [-0.05, 0) is 49.1 Å². The molecule has 0 bridgehead atoms. The van der Waals surface area contributed by atoms with Crippen molar-refractivity contribution in [3.63, 3.8) is 0 Å². The lowest BCUT2D eigenvalue weighted by molar-refractivity contribution is -0.123. The first-order valence-corrected chi connectivity index (χ1v) is 8.68. The summed E-state index contributed by atoms with van der Waals surface area (Å²) < 4.78 is 5.37. The van der Waals surface area contributed by atoms with Crippen molar-refractivity contribution in [3.05, 3.63) is 35.4 Å². The summed E-state index contributed by atoms with van der Waals surface area (Å²) in [6.07, 6.45) is 6.05. The van der Waals surface area contributed by atoms with Gasteiger partial charge in [0.2, 0.25) is 5.91 Å². The van der Waals surface area contributed by atoms with E-state index in [1.807, 2.05) is 12.1 Å². The predicted octanol–water partition coefficient (Wildman–Crippen LogP) is 2.99. The van der Waals surface area contributed by atoms with Crippen molar-refractivity contribution < 1.29 is 14.6 Å². The van der Waals surface area contributed by atoms with E-state index >= 15 is 0 Å². The molecule has 1 amide bonds. The fourth-order valence-electron chi connectivity index (χ4n) is 3.31. The van der Waals surface area contributed by atoms with Crippen LogP contribution < -0.4 is 5.32 Å². The number of methoxy groups -OCH3 is 1. The van der Waals surface area contributed by atoms with Crippen LogP contribution >= 0.6 is 0 Å². The summed E-state index contributed by atoms with van der Waals surface area (Å²) in [4.78, 5) is 12.3. The first-order chi connectivity index (χ1) is 11.2. The van der Waals surface area contributed by atoms with Gasteiger partial charge in [0.15, 0.2) is 0 Å². The summed E-state index contributed by atoms with van der Waals surface area (Å²) in [6, 6.07) is 7.77. The molecule has 1 fully saturated rings. The Balaban J connectivity index is 1.84. The minimum absolute atomic E-state index is 0.0319. The number of rotatable bonds is 7. The highest BCUT2D eigenvalue weighted by Crippen LogP contribution is 2.28. The van der Waals surface area contributed by atoms with Gasteiger partial charge in [0.25, 0.3) is 0 Å². The van der Waals surface area contributed by atoms with Crippen LogP contribution in [0.4, 0.5) is 0 Å². The lowest BCUT2D eigenvalue weighted by atomic mass is 9.85. The molecule has 0 saturated heterocycles. The highest BCUT2D eigenvalue weighted by molar-refractivity contribution is 5.76. The summed E-state index contributed by atoms with van der Waals surface area (Å²) in [7, 11) is 1.76. The zero-order valence-electron chi connectivity index (χ0n) is 14.3. The Morgan fingerprint density at radius 3 is 2.43 bits per heavy atom. The maximum Gasteiger partial charge on any atom is 0.220 e. The molecular weight excluding hydrogens is 290 g/mol. The Kier molecular flexibility index (Phi) is 7.06. The largest absolute Gasteiger partial charge is 0.394 e. The summed E-state index contributed by atoms with van der Waals surface area (Å²) >= 11 is 0. The number of nitrogens with one attached hydrogen (secondary N) is 1. The highest BCUT2D eigenvalue weighted by Gasteiger charge is 2.24.